The van der Waals surface area contributed by atoms with E-state index in [0.29, 0.717) is 11.6 Å². The molecular weight excluding hydrogens is 314 g/mol. The summed E-state index contributed by atoms with van der Waals surface area (Å²) in [4.78, 5) is 15.3. The second-order valence-electron chi connectivity index (χ2n) is 5.93. The van der Waals surface area contributed by atoms with Crippen LogP contribution >= 0.6 is 11.8 Å². The molecule has 0 radical (unpaired) electrons. The van der Waals surface area contributed by atoms with Gasteiger partial charge in [0.15, 0.2) is 5.50 Å². The zero-order chi connectivity index (χ0) is 16.4. The number of allylic oxidation sites excluding steroid dienone is 1. The highest BCUT2D eigenvalue weighted by molar-refractivity contribution is 8.04. The van der Waals surface area contributed by atoms with Crippen molar-refractivity contribution in [2.45, 2.75) is 50.6 Å². The van der Waals surface area contributed by atoms with Gasteiger partial charge in [-0.05, 0) is 19.8 Å². The Morgan fingerprint density at radius 3 is 2.74 bits per heavy atom. The van der Waals surface area contributed by atoms with Crippen molar-refractivity contribution < 1.29 is 14.3 Å². The third-order valence-electron chi connectivity index (χ3n) is 4.55. The van der Waals surface area contributed by atoms with Gasteiger partial charge in [0.1, 0.15) is 11.9 Å². The van der Waals surface area contributed by atoms with Crippen LogP contribution < -0.4 is 0 Å². The smallest absolute Gasteiger partial charge is 0.342 e. The van der Waals surface area contributed by atoms with E-state index < -0.39 is 0 Å². The van der Waals surface area contributed by atoms with Crippen molar-refractivity contribution in [3.63, 3.8) is 0 Å². The average Bonchev–Trinajstić information content (AvgIpc) is 3.13. The molecule has 3 aliphatic rings. The molecule has 0 bridgehead atoms. The van der Waals surface area contributed by atoms with Gasteiger partial charge in [-0.15, -0.1) is 0 Å². The molecule has 0 N–H and O–H groups in total. The Kier molecular flexibility index (Phi) is 4.84. The van der Waals surface area contributed by atoms with Gasteiger partial charge in [-0.1, -0.05) is 31.0 Å². The molecule has 1 unspecified atom stereocenters. The summed E-state index contributed by atoms with van der Waals surface area (Å²) in [6.07, 6.45) is 9.71. The molecule has 1 atom stereocenters. The number of nitrogens with zero attached hydrogens (tertiary/aromatic N) is 3. The van der Waals surface area contributed by atoms with Crippen LogP contribution in [0.25, 0.3) is 0 Å². The highest BCUT2D eigenvalue weighted by Crippen LogP contribution is 2.46. The molecule has 3 rings (SSSR count). The van der Waals surface area contributed by atoms with E-state index in [1.807, 2.05) is 18.3 Å². The summed E-state index contributed by atoms with van der Waals surface area (Å²) in [7, 11) is 2.92. The summed E-state index contributed by atoms with van der Waals surface area (Å²) in [5, 5.41) is 6.54. The second-order valence-corrected chi connectivity index (χ2v) is 7.00. The standard InChI is InChI=1S/C16H23N3O3S/c1-11-14(13(9-21-2)15(20)22-3)23-16-18(10-17-19(11)16)12-7-5-4-6-8-12/h9-10,12,16H,4-8H2,1-3H3/b13-9-. The number of ether oxygens (including phenoxy) is 2. The average molecular weight is 337 g/mol. The lowest BCUT2D eigenvalue weighted by atomic mass is 9.95. The lowest BCUT2D eigenvalue weighted by Crippen LogP contribution is -2.42. The zero-order valence-corrected chi connectivity index (χ0v) is 14.6. The van der Waals surface area contributed by atoms with E-state index in [1.54, 1.807) is 11.8 Å². The predicted octanol–water partition coefficient (Wildman–Crippen LogP) is 2.85. The third-order valence-corrected chi connectivity index (χ3v) is 5.96. The fourth-order valence-electron chi connectivity index (χ4n) is 3.35. The van der Waals surface area contributed by atoms with Gasteiger partial charge in [-0.2, -0.15) is 5.10 Å². The molecule has 7 heteroatoms. The number of esters is 1. The van der Waals surface area contributed by atoms with Gasteiger partial charge in [0.2, 0.25) is 0 Å². The van der Waals surface area contributed by atoms with Crippen molar-refractivity contribution in [1.29, 1.82) is 0 Å². The Balaban J connectivity index is 1.81. The Labute approximate surface area is 141 Å². The van der Waals surface area contributed by atoms with Crippen molar-refractivity contribution in [1.82, 2.24) is 9.91 Å². The topological polar surface area (TPSA) is 54.4 Å². The maximum Gasteiger partial charge on any atom is 0.342 e. The van der Waals surface area contributed by atoms with E-state index in [1.165, 1.54) is 52.6 Å². The van der Waals surface area contributed by atoms with Gasteiger partial charge < -0.3 is 14.4 Å². The van der Waals surface area contributed by atoms with Crippen LogP contribution in [-0.2, 0) is 14.3 Å². The Morgan fingerprint density at radius 1 is 1.35 bits per heavy atom. The summed E-state index contributed by atoms with van der Waals surface area (Å²) in [6.45, 7) is 1.98. The lowest BCUT2D eigenvalue weighted by Gasteiger charge is -2.34. The Hall–Kier alpha value is -1.63. The molecule has 2 aliphatic heterocycles. The van der Waals surface area contributed by atoms with Gasteiger partial charge in [0.25, 0.3) is 0 Å². The number of thioether (sulfide) groups is 1. The van der Waals surface area contributed by atoms with Gasteiger partial charge in [0.05, 0.1) is 26.2 Å². The maximum atomic E-state index is 12.0. The molecule has 0 amide bonds. The quantitative estimate of drug-likeness (QED) is 0.447. The van der Waals surface area contributed by atoms with Crippen molar-refractivity contribution in [3.05, 3.63) is 22.4 Å². The molecule has 6 nitrogen and oxygen atoms in total. The van der Waals surface area contributed by atoms with Crippen LogP contribution in [0.4, 0.5) is 0 Å². The lowest BCUT2D eigenvalue weighted by molar-refractivity contribution is -0.135. The highest BCUT2D eigenvalue weighted by atomic mass is 32.2. The number of hydrogen-bond donors (Lipinski definition) is 0. The van der Waals surface area contributed by atoms with Crippen LogP contribution in [0.3, 0.4) is 0 Å². The first kappa shape index (κ1) is 16.2. The Bertz CT molecular complexity index is 567. The van der Waals surface area contributed by atoms with Crippen molar-refractivity contribution in [3.8, 4) is 0 Å². The normalized spacial score (nSPS) is 25.2. The molecule has 0 aromatic heterocycles. The molecular formula is C16H23N3O3S. The Morgan fingerprint density at radius 2 is 2.09 bits per heavy atom. The first-order chi connectivity index (χ1) is 11.2. The number of rotatable bonds is 4. The highest BCUT2D eigenvalue weighted by Gasteiger charge is 2.42. The number of carbonyl (C=O) groups is 1. The van der Waals surface area contributed by atoms with Gasteiger partial charge >= 0.3 is 5.97 Å². The molecule has 2 heterocycles. The van der Waals surface area contributed by atoms with Crippen LogP contribution in [0.1, 0.15) is 39.0 Å². The monoisotopic (exact) mass is 337 g/mol. The minimum atomic E-state index is -0.386. The van der Waals surface area contributed by atoms with E-state index in [9.17, 15) is 4.79 Å². The van der Waals surface area contributed by atoms with Crippen LogP contribution in [0.2, 0.25) is 0 Å². The van der Waals surface area contributed by atoms with E-state index in [0.717, 1.165) is 10.6 Å². The van der Waals surface area contributed by atoms with Crippen LogP contribution in [0.15, 0.2) is 27.5 Å². The third kappa shape index (κ3) is 2.94. The number of methoxy groups -OCH3 is 2. The fourth-order valence-corrected chi connectivity index (χ4v) is 4.74. The molecule has 1 aliphatic carbocycles. The molecule has 0 aromatic carbocycles. The number of carbonyl (C=O) groups excluding carboxylic acids is 1. The summed E-state index contributed by atoms with van der Waals surface area (Å²) in [6, 6.07) is 0.537. The first-order valence-corrected chi connectivity index (χ1v) is 8.85. The summed E-state index contributed by atoms with van der Waals surface area (Å²) >= 11 is 1.64. The van der Waals surface area contributed by atoms with Gasteiger partial charge in [-0.3, -0.25) is 0 Å². The molecule has 1 fully saturated rings. The number of hydrazone groups is 1. The number of hydrogen-bond acceptors (Lipinski definition) is 7. The molecule has 0 spiro atoms. The second kappa shape index (κ2) is 6.86. The molecule has 1 saturated carbocycles. The van der Waals surface area contributed by atoms with E-state index in [-0.39, 0.29) is 11.5 Å². The van der Waals surface area contributed by atoms with Gasteiger partial charge in [-0.25, -0.2) is 9.80 Å². The minimum Gasteiger partial charge on any atom is -0.503 e. The van der Waals surface area contributed by atoms with Crippen LogP contribution in [0, 0.1) is 0 Å². The number of fused-ring (bicyclic) bond motifs is 1. The summed E-state index contributed by atoms with van der Waals surface area (Å²) in [5.74, 6) is -0.386. The van der Waals surface area contributed by atoms with E-state index in [2.05, 4.69) is 10.0 Å². The predicted molar refractivity (Wildman–Crippen MR) is 90.2 cm³/mol. The molecule has 126 valence electrons. The summed E-state index contributed by atoms with van der Waals surface area (Å²) in [5.41, 5.74) is 1.51. The maximum absolute atomic E-state index is 12.0. The molecule has 0 aromatic rings. The minimum absolute atomic E-state index is 0.0954. The van der Waals surface area contributed by atoms with Crippen molar-refractivity contribution in [2.24, 2.45) is 5.10 Å². The first-order valence-electron chi connectivity index (χ1n) is 7.97. The van der Waals surface area contributed by atoms with Crippen molar-refractivity contribution in [2.75, 3.05) is 14.2 Å². The van der Waals surface area contributed by atoms with Gasteiger partial charge in [0, 0.05) is 10.9 Å². The zero-order valence-electron chi connectivity index (χ0n) is 13.8. The SMILES string of the molecule is CO/C=C(\C(=O)OC)C1=C(C)N2N=CN(C3CCCCC3)C2S1. The van der Waals surface area contributed by atoms with Crippen LogP contribution in [0.5, 0.6) is 0 Å². The largest absolute Gasteiger partial charge is 0.503 e. The fraction of sp³-hybridized carbons (Fsp3) is 0.625. The van der Waals surface area contributed by atoms with Crippen molar-refractivity contribution >= 4 is 24.1 Å². The van der Waals surface area contributed by atoms with E-state index >= 15 is 0 Å². The molecule has 0 saturated heterocycles. The van der Waals surface area contributed by atoms with Crippen LogP contribution in [-0.4, -0.2) is 48.0 Å². The van der Waals surface area contributed by atoms with E-state index in [4.69, 9.17) is 9.47 Å². The summed E-state index contributed by atoms with van der Waals surface area (Å²) < 4.78 is 9.96. The molecule has 23 heavy (non-hydrogen) atoms.